The summed E-state index contributed by atoms with van der Waals surface area (Å²) in [4.78, 5) is 26.6. The first-order valence-electron chi connectivity index (χ1n) is 10.0. The van der Waals surface area contributed by atoms with E-state index in [1.165, 1.54) is 0 Å². The van der Waals surface area contributed by atoms with Crippen molar-refractivity contribution in [2.75, 3.05) is 38.8 Å². The summed E-state index contributed by atoms with van der Waals surface area (Å²) in [5, 5.41) is 2.91. The number of hydrogen-bond donors (Lipinski definition) is 1. The fourth-order valence-corrected chi connectivity index (χ4v) is 3.45. The molecular weight excluding hydrogens is 384 g/mol. The molecule has 3 rings (SSSR count). The molecular formula is C23H28N2O5. The summed E-state index contributed by atoms with van der Waals surface area (Å²) in [6.07, 6.45) is 0.872. The number of benzene rings is 2. The summed E-state index contributed by atoms with van der Waals surface area (Å²) in [6.45, 7) is 3.36. The zero-order chi connectivity index (χ0) is 21.5. The lowest BCUT2D eigenvalue weighted by atomic mass is 10.1. The van der Waals surface area contributed by atoms with Crippen molar-refractivity contribution in [3.8, 4) is 17.2 Å². The van der Waals surface area contributed by atoms with E-state index in [4.69, 9.17) is 14.2 Å². The highest BCUT2D eigenvalue weighted by molar-refractivity contribution is 6.01. The zero-order valence-corrected chi connectivity index (χ0v) is 17.6. The molecule has 1 N–H and O–H groups in total. The quantitative estimate of drug-likeness (QED) is 0.641. The summed E-state index contributed by atoms with van der Waals surface area (Å²) in [7, 11) is 3.11. The predicted octanol–water partition coefficient (Wildman–Crippen LogP) is 2.95. The number of aryl methyl sites for hydroxylation is 1. The van der Waals surface area contributed by atoms with Crippen LogP contribution >= 0.6 is 0 Å². The van der Waals surface area contributed by atoms with Crippen LogP contribution in [-0.2, 0) is 9.59 Å². The van der Waals surface area contributed by atoms with Gasteiger partial charge in [-0.15, -0.1) is 0 Å². The first-order valence-corrected chi connectivity index (χ1v) is 10.0. The molecule has 0 bridgehead atoms. The van der Waals surface area contributed by atoms with Crippen LogP contribution in [-0.4, -0.2) is 45.7 Å². The summed E-state index contributed by atoms with van der Waals surface area (Å²) >= 11 is 0. The van der Waals surface area contributed by atoms with Crippen molar-refractivity contribution in [2.24, 2.45) is 5.92 Å². The van der Waals surface area contributed by atoms with E-state index in [9.17, 15) is 9.59 Å². The van der Waals surface area contributed by atoms with Gasteiger partial charge in [-0.3, -0.25) is 9.59 Å². The maximum absolute atomic E-state index is 12.5. The van der Waals surface area contributed by atoms with Crippen LogP contribution in [0.1, 0.15) is 18.4 Å². The van der Waals surface area contributed by atoms with E-state index in [-0.39, 0.29) is 24.2 Å². The van der Waals surface area contributed by atoms with Crippen molar-refractivity contribution in [1.82, 2.24) is 5.32 Å². The van der Waals surface area contributed by atoms with Crippen molar-refractivity contribution >= 4 is 17.5 Å². The Morgan fingerprint density at radius 3 is 2.70 bits per heavy atom. The van der Waals surface area contributed by atoms with Gasteiger partial charge in [0.2, 0.25) is 11.8 Å². The molecule has 30 heavy (non-hydrogen) atoms. The third kappa shape index (κ3) is 5.23. The third-order valence-corrected chi connectivity index (χ3v) is 5.05. The van der Waals surface area contributed by atoms with Gasteiger partial charge < -0.3 is 24.4 Å². The third-order valence-electron chi connectivity index (χ3n) is 5.05. The number of methoxy groups -OCH3 is 2. The van der Waals surface area contributed by atoms with Gasteiger partial charge in [-0.1, -0.05) is 12.1 Å². The Morgan fingerprint density at radius 2 is 1.97 bits per heavy atom. The van der Waals surface area contributed by atoms with E-state index < -0.39 is 0 Å². The number of nitrogens with zero attached hydrogens (tertiary/aromatic N) is 1. The first-order chi connectivity index (χ1) is 14.5. The molecule has 1 aliphatic rings. The van der Waals surface area contributed by atoms with Crippen molar-refractivity contribution in [2.45, 2.75) is 19.8 Å². The van der Waals surface area contributed by atoms with Gasteiger partial charge in [0.05, 0.1) is 32.4 Å². The van der Waals surface area contributed by atoms with E-state index in [2.05, 4.69) is 5.32 Å². The lowest BCUT2D eigenvalue weighted by molar-refractivity contribution is -0.126. The fraction of sp³-hybridized carbons (Fsp3) is 0.391. The van der Waals surface area contributed by atoms with Crippen LogP contribution in [0, 0.1) is 12.8 Å². The minimum atomic E-state index is -0.387. The Hall–Kier alpha value is -3.22. The molecule has 0 aliphatic carbocycles. The molecule has 0 aromatic heterocycles. The van der Waals surface area contributed by atoms with Crippen LogP contribution in [0.15, 0.2) is 42.5 Å². The monoisotopic (exact) mass is 412 g/mol. The highest BCUT2D eigenvalue weighted by Gasteiger charge is 2.36. The lowest BCUT2D eigenvalue weighted by Gasteiger charge is -2.20. The Bertz CT molecular complexity index is 899. The van der Waals surface area contributed by atoms with Crippen LogP contribution in [0.3, 0.4) is 0 Å². The Morgan fingerprint density at radius 1 is 1.13 bits per heavy atom. The summed E-state index contributed by atoms with van der Waals surface area (Å²) in [5.74, 6) is 1.41. The Balaban J connectivity index is 1.48. The predicted molar refractivity (Wildman–Crippen MR) is 114 cm³/mol. The summed E-state index contributed by atoms with van der Waals surface area (Å²) in [6, 6.07) is 13.1. The number of nitrogens with one attached hydrogen (secondary N) is 1. The van der Waals surface area contributed by atoms with Gasteiger partial charge >= 0.3 is 0 Å². The number of amides is 2. The molecule has 1 aliphatic heterocycles. The maximum Gasteiger partial charge on any atom is 0.227 e. The van der Waals surface area contributed by atoms with Gasteiger partial charge in [-0.2, -0.15) is 0 Å². The van der Waals surface area contributed by atoms with Gasteiger partial charge in [0.25, 0.3) is 0 Å². The number of anilines is 1. The van der Waals surface area contributed by atoms with E-state index in [1.54, 1.807) is 37.3 Å². The number of rotatable bonds is 9. The smallest absolute Gasteiger partial charge is 0.227 e. The fourth-order valence-electron chi connectivity index (χ4n) is 3.45. The molecule has 2 amide bonds. The van der Waals surface area contributed by atoms with E-state index in [0.717, 1.165) is 11.3 Å². The SMILES string of the molecule is COc1ccc(N2CC(C(=O)NCCCOc3cccc(C)c3)CC2=O)c(OC)c1. The second-order valence-corrected chi connectivity index (χ2v) is 7.25. The molecule has 160 valence electrons. The van der Waals surface area contributed by atoms with Gasteiger partial charge in [-0.05, 0) is 43.2 Å². The topological polar surface area (TPSA) is 77.1 Å². The molecule has 1 fully saturated rings. The molecule has 7 heteroatoms. The molecule has 2 aromatic rings. The largest absolute Gasteiger partial charge is 0.497 e. The van der Waals surface area contributed by atoms with Crippen LogP contribution in [0.2, 0.25) is 0 Å². The molecule has 0 radical (unpaired) electrons. The standard InChI is InChI=1S/C23H28N2O5/c1-16-6-4-7-19(12-16)30-11-5-10-24-23(27)17-13-22(26)25(15-17)20-9-8-18(28-2)14-21(20)29-3/h4,6-9,12,14,17H,5,10-11,13,15H2,1-3H3,(H,24,27). The van der Waals surface area contributed by atoms with Crippen molar-refractivity contribution in [3.05, 3.63) is 48.0 Å². The van der Waals surface area contributed by atoms with Gasteiger partial charge in [0.1, 0.15) is 17.2 Å². The van der Waals surface area contributed by atoms with Crippen LogP contribution in [0.5, 0.6) is 17.2 Å². The first kappa shape index (κ1) is 21.5. The molecule has 0 spiro atoms. The minimum absolute atomic E-state index is 0.0959. The van der Waals surface area contributed by atoms with E-state index >= 15 is 0 Å². The van der Waals surface area contributed by atoms with E-state index in [0.29, 0.717) is 43.3 Å². The van der Waals surface area contributed by atoms with Crippen LogP contribution < -0.4 is 24.4 Å². The second-order valence-electron chi connectivity index (χ2n) is 7.25. The summed E-state index contributed by atoms with van der Waals surface area (Å²) < 4.78 is 16.3. The van der Waals surface area contributed by atoms with E-state index in [1.807, 2.05) is 31.2 Å². The highest BCUT2D eigenvalue weighted by Crippen LogP contribution is 2.35. The number of hydrogen-bond acceptors (Lipinski definition) is 5. The molecule has 1 atom stereocenters. The Kier molecular flexibility index (Phi) is 7.17. The van der Waals surface area contributed by atoms with Crippen molar-refractivity contribution in [3.63, 3.8) is 0 Å². The average Bonchev–Trinajstić information content (AvgIpc) is 3.14. The number of ether oxygens (including phenoxy) is 3. The zero-order valence-electron chi connectivity index (χ0n) is 17.6. The molecule has 1 saturated heterocycles. The highest BCUT2D eigenvalue weighted by atomic mass is 16.5. The normalized spacial score (nSPS) is 15.8. The Labute approximate surface area is 176 Å². The van der Waals surface area contributed by atoms with Crippen molar-refractivity contribution < 1.29 is 23.8 Å². The maximum atomic E-state index is 12.5. The van der Waals surface area contributed by atoms with Crippen molar-refractivity contribution in [1.29, 1.82) is 0 Å². The molecule has 1 heterocycles. The van der Waals surface area contributed by atoms with Crippen LogP contribution in [0.25, 0.3) is 0 Å². The number of carbonyl (C=O) groups excluding carboxylic acids is 2. The minimum Gasteiger partial charge on any atom is -0.497 e. The lowest BCUT2D eigenvalue weighted by Crippen LogP contribution is -2.34. The average molecular weight is 412 g/mol. The van der Waals surface area contributed by atoms with Crippen LogP contribution in [0.4, 0.5) is 5.69 Å². The van der Waals surface area contributed by atoms with Gasteiger partial charge in [-0.25, -0.2) is 0 Å². The second kappa shape index (κ2) is 10.0. The van der Waals surface area contributed by atoms with Gasteiger partial charge in [0.15, 0.2) is 0 Å². The molecule has 2 aromatic carbocycles. The molecule has 1 unspecified atom stereocenters. The molecule has 7 nitrogen and oxygen atoms in total. The van der Waals surface area contributed by atoms with Gasteiger partial charge in [0, 0.05) is 25.6 Å². The summed E-state index contributed by atoms with van der Waals surface area (Å²) in [5.41, 5.74) is 1.79. The molecule has 0 saturated carbocycles. The number of carbonyl (C=O) groups is 2.